The van der Waals surface area contributed by atoms with Crippen LogP contribution in [0.15, 0.2) is 35.1 Å². The van der Waals surface area contributed by atoms with Gasteiger partial charge in [0.2, 0.25) is 0 Å². The van der Waals surface area contributed by atoms with Crippen molar-refractivity contribution in [3.8, 4) is 5.69 Å². The lowest BCUT2D eigenvalue weighted by atomic mass is 9.99. The summed E-state index contributed by atoms with van der Waals surface area (Å²) in [6, 6.07) is 8.70. The molecule has 7 heteroatoms. The van der Waals surface area contributed by atoms with Gasteiger partial charge in [0.15, 0.2) is 0 Å². The topological polar surface area (TPSA) is 97.4 Å². The van der Waals surface area contributed by atoms with Gasteiger partial charge < -0.3 is 10.6 Å². The Labute approximate surface area is 150 Å². The molecule has 2 amide bonds. The second kappa shape index (κ2) is 6.01. The molecule has 1 saturated heterocycles. The van der Waals surface area contributed by atoms with Gasteiger partial charge in [-0.15, -0.1) is 0 Å². The number of anilines is 2. The van der Waals surface area contributed by atoms with Gasteiger partial charge in [-0.3, -0.25) is 24.3 Å². The molecule has 0 saturated carbocycles. The van der Waals surface area contributed by atoms with Crippen LogP contribution in [-0.2, 0) is 0 Å². The maximum atomic E-state index is 12.7. The highest BCUT2D eigenvalue weighted by molar-refractivity contribution is 6.23. The van der Waals surface area contributed by atoms with Crippen LogP contribution >= 0.6 is 0 Å². The van der Waals surface area contributed by atoms with Crippen LogP contribution in [-0.4, -0.2) is 29.5 Å². The molecule has 1 unspecified atom stereocenters. The van der Waals surface area contributed by atoms with Gasteiger partial charge in [0, 0.05) is 19.2 Å². The lowest BCUT2D eigenvalue weighted by Gasteiger charge is -2.34. The smallest absolute Gasteiger partial charge is 0.262 e. The average Bonchev–Trinajstić information content (AvgIpc) is 2.89. The second-order valence-electron chi connectivity index (χ2n) is 6.96. The molecule has 3 heterocycles. The van der Waals surface area contributed by atoms with Crippen molar-refractivity contribution < 1.29 is 9.59 Å². The predicted molar refractivity (Wildman–Crippen MR) is 98.9 cm³/mol. The van der Waals surface area contributed by atoms with Gasteiger partial charge in [-0.2, -0.15) is 0 Å². The van der Waals surface area contributed by atoms with Crippen LogP contribution < -0.4 is 21.5 Å². The Balaban J connectivity index is 1.90. The van der Waals surface area contributed by atoms with Crippen molar-refractivity contribution in [2.45, 2.75) is 19.8 Å². The third-order valence-corrected chi connectivity index (χ3v) is 5.07. The van der Waals surface area contributed by atoms with E-state index >= 15 is 0 Å². The van der Waals surface area contributed by atoms with E-state index in [9.17, 15) is 14.4 Å². The number of nitrogens with two attached hydrogens (primary N) is 1. The number of nitrogens with zero attached hydrogens (tertiary/aromatic N) is 2. The standard InChI is InChI=1S/C19H20N4O3/c1-11-5-4-8-22(10-11)13-6-2-3-7-14(13)23-15(24)9-12-16(17(23)20)19(26)21-18(12)25/h2-3,6-7,9,11H,4-5,8,10,20H2,1H3,(H,21,25,26). The molecule has 26 heavy (non-hydrogen) atoms. The molecule has 2 aromatic rings. The minimum atomic E-state index is -0.584. The van der Waals surface area contributed by atoms with Crippen molar-refractivity contribution in [3.05, 3.63) is 51.8 Å². The average molecular weight is 352 g/mol. The number of pyridine rings is 1. The minimum absolute atomic E-state index is 0.00615. The van der Waals surface area contributed by atoms with E-state index in [1.165, 1.54) is 17.1 Å². The summed E-state index contributed by atoms with van der Waals surface area (Å²) in [5, 5.41) is 2.19. The molecule has 3 N–H and O–H groups in total. The highest BCUT2D eigenvalue weighted by Crippen LogP contribution is 2.31. The molecule has 2 aliphatic heterocycles. The molecule has 7 nitrogen and oxygen atoms in total. The largest absolute Gasteiger partial charge is 0.384 e. The maximum absolute atomic E-state index is 12.7. The zero-order valence-corrected chi connectivity index (χ0v) is 14.5. The fraction of sp³-hybridized carbons (Fsp3) is 0.316. The molecule has 1 aromatic carbocycles. The van der Waals surface area contributed by atoms with Crippen LogP contribution in [0.2, 0.25) is 0 Å². The summed E-state index contributed by atoms with van der Waals surface area (Å²) in [6.45, 7) is 4.01. The van der Waals surface area contributed by atoms with Crippen LogP contribution in [0.3, 0.4) is 0 Å². The number of amides is 2. The van der Waals surface area contributed by atoms with Crippen LogP contribution in [0.5, 0.6) is 0 Å². The first-order valence-corrected chi connectivity index (χ1v) is 8.73. The molecule has 0 bridgehead atoms. The number of benzene rings is 1. The van der Waals surface area contributed by atoms with Crippen molar-refractivity contribution in [2.75, 3.05) is 23.7 Å². The van der Waals surface area contributed by atoms with Crippen molar-refractivity contribution in [1.82, 2.24) is 9.88 Å². The van der Waals surface area contributed by atoms with E-state index in [4.69, 9.17) is 5.73 Å². The highest BCUT2D eigenvalue weighted by atomic mass is 16.2. The van der Waals surface area contributed by atoms with Gasteiger partial charge in [0.05, 0.1) is 22.5 Å². The quantitative estimate of drug-likeness (QED) is 0.799. The molecule has 1 fully saturated rings. The Morgan fingerprint density at radius 3 is 2.58 bits per heavy atom. The summed E-state index contributed by atoms with van der Waals surface area (Å²) in [4.78, 5) is 38.9. The molecule has 0 spiro atoms. The summed E-state index contributed by atoms with van der Waals surface area (Å²) in [6.07, 6.45) is 2.27. The number of carbonyl (C=O) groups is 2. The number of para-hydroxylation sites is 2. The molecule has 0 aliphatic carbocycles. The third kappa shape index (κ3) is 2.47. The number of carbonyl (C=O) groups excluding carboxylic acids is 2. The second-order valence-corrected chi connectivity index (χ2v) is 6.96. The van der Waals surface area contributed by atoms with Crippen molar-refractivity contribution in [2.24, 2.45) is 5.92 Å². The van der Waals surface area contributed by atoms with E-state index in [1.807, 2.05) is 24.3 Å². The molecule has 1 aromatic heterocycles. The Hall–Kier alpha value is -3.09. The molecule has 2 aliphatic rings. The number of hydrogen-bond acceptors (Lipinski definition) is 5. The highest BCUT2D eigenvalue weighted by Gasteiger charge is 2.32. The fourth-order valence-corrected chi connectivity index (χ4v) is 3.86. The van der Waals surface area contributed by atoms with E-state index in [2.05, 4.69) is 17.1 Å². The van der Waals surface area contributed by atoms with Gasteiger partial charge in [-0.25, -0.2) is 0 Å². The van der Waals surface area contributed by atoms with Crippen molar-refractivity contribution in [3.63, 3.8) is 0 Å². The summed E-state index contributed by atoms with van der Waals surface area (Å²) in [5.74, 6) is -0.595. The summed E-state index contributed by atoms with van der Waals surface area (Å²) >= 11 is 0. The summed E-state index contributed by atoms with van der Waals surface area (Å²) in [7, 11) is 0. The zero-order chi connectivity index (χ0) is 18.4. The Bertz CT molecular complexity index is 979. The zero-order valence-electron chi connectivity index (χ0n) is 14.5. The molecular weight excluding hydrogens is 332 g/mol. The van der Waals surface area contributed by atoms with Gasteiger partial charge in [0.25, 0.3) is 17.4 Å². The Morgan fingerprint density at radius 2 is 1.85 bits per heavy atom. The number of aromatic nitrogens is 1. The number of fused-ring (bicyclic) bond motifs is 1. The molecule has 1 atom stereocenters. The van der Waals surface area contributed by atoms with Crippen LogP contribution in [0.25, 0.3) is 5.69 Å². The van der Waals surface area contributed by atoms with E-state index < -0.39 is 17.4 Å². The number of rotatable bonds is 2. The van der Waals surface area contributed by atoms with Crippen molar-refractivity contribution in [1.29, 1.82) is 0 Å². The van der Waals surface area contributed by atoms with Crippen LogP contribution in [0.1, 0.15) is 40.5 Å². The molecule has 0 radical (unpaired) electrons. The maximum Gasteiger partial charge on any atom is 0.262 e. The predicted octanol–water partition coefficient (Wildman–Crippen LogP) is 1.54. The Morgan fingerprint density at radius 1 is 1.12 bits per heavy atom. The summed E-state index contributed by atoms with van der Waals surface area (Å²) in [5.41, 5.74) is 7.38. The van der Waals surface area contributed by atoms with E-state index in [0.29, 0.717) is 11.6 Å². The number of piperidine rings is 1. The number of imide groups is 1. The van der Waals surface area contributed by atoms with E-state index in [0.717, 1.165) is 25.2 Å². The first-order valence-electron chi connectivity index (χ1n) is 8.73. The fourth-order valence-electron chi connectivity index (χ4n) is 3.86. The molecule has 134 valence electrons. The lowest BCUT2D eigenvalue weighted by Crippen LogP contribution is -2.35. The van der Waals surface area contributed by atoms with E-state index in [1.54, 1.807) is 0 Å². The van der Waals surface area contributed by atoms with Crippen molar-refractivity contribution >= 4 is 23.3 Å². The lowest BCUT2D eigenvalue weighted by molar-refractivity contribution is 0.0880. The summed E-state index contributed by atoms with van der Waals surface area (Å²) < 4.78 is 1.33. The van der Waals surface area contributed by atoms with Gasteiger partial charge in [-0.1, -0.05) is 19.1 Å². The third-order valence-electron chi connectivity index (χ3n) is 5.07. The first kappa shape index (κ1) is 16.4. The normalized spacial score (nSPS) is 19.4. The SMILES string of the molecule is CC1CCCN(c2ccccc2-n2c(N)c3c(cc2=O)C(=O)NC3=O)C1. The first-order chi connectivity index (χ1) is 12.5. The van der Waals surface area contributed by atoms with Gasteiger partial charge in [0.1, 0.15) is 5.82 Å². The van der Waals surface area contributed by atoms with Gasteiger partial charge >= 0.3 is 0 Å². The minimum Gasteiger partial charge on any atom is -0.384 e. The number of hydrogen-bond donors (Lipinski definition) is 2. The Kier molecular flexibility index (Phi) is 3.79. The van der Waals surface area contributed by atoms with Crippen LogP contribution in [0, 0.1) is 5.92 Å². The number of nitrogen functional groups attached to an aromatic ring is 1. The molecule has 4 rings (SSSR count). The molecular formula is C19H20N4O3. The monoisotopic (exact) mass is 352 g/mol. The van der Waals surface area contributed by atoms with Crippen LogP contribution in [0.4, 0.5) is 11.5 Å². The van der Waals surface area contributed by atoms with E-state index in [-0.39, 0.29) is 16.9 Å². The number of nitrogens with one attached hydrogen (secondary N) is 1. The van der Waals surface area contributed by atoms with Gasteiger partial charge in [-0.05, 0) is 30.9 Å².